The number of carboxylic acid groups (broad SMARTS) is 1. The minimum atomic E-state index is -2.94. The Kier molecular flexibility index (Phi) is 10.6. The summed E-state index contributed by atoms with van der Waals surface area (Å²) in [6.07, 6.45) is 13.1. The van der Waals surface area contributed by atoms with Crippen molar-refractivity contribution < 1.29 is 28.7 Å². The highest BCUT2D eigenvalue weighted by Crippen LogP contribution is 2.22. The molecule has 2 saturated carbocycles. The van der Waals surface area contributed by atoms with Crippen LogP contribution in [0.4, 0.5) is 0 Å². The third-order valence-electron chi connectivity index (χ3n) is 5.17. The molecule has 168 valence electrons. The van der Waals surface area contributed by atoms with Crippen molar-refractivity contribution in [2.24, 2.45) is 5.73 Å². The van der Waals surface area contributed by atoms with E-state index >= 15 is 0 Å². The van der Waals surface area contributed by atoms with Gasteiger partial charge < -0.3 is 26.6 Å². The maximum Gasteiger partial charge on any atom is 0.327 e. The van der Waals surface area contributed by atoms with Crippen LogP contribution in [0.5, 0.6) is 0 Å². The Balaban J connectivity index is 0.000000339. The summed E-state index contributed by atoms with van der Waals surface area (Å²) in [6.45, 7) is -2.94. The average Bonchev–Trinajstić information content (AvgIpc) is 2.73. The van der Waals surface area contributed by atoms with Gasteiger partial charge in [-0.25, -0.2) is 4.79 Å². The Labute approximate surface area is 182 Å². The molecule has 0 radical (unpaired) electrons. The Morgan fingerprint density at radius 1 is 1.03 bits per heavy atom. The van der Waals surface area contributed by atoms with Crippen LogP contribution < -0.4 is 16.4 Å². The van der Waals surface area contributed by atoms with Gasteiger partial charge in [0.1, 0.15) is 12.1 Å². The molecule has 2 amide bonds. The Morgan fingerprint density at radius 3 is 1.97 bits per heavy atom. The van der Waals surface area contributed by atoms with Gasteiger partial charge in [0.05, 0.1) is 0 Å². The first-order valence-electron chi connectivity index (χ1n) is 11.9. The topological polar surface area (TPSA) is 142 Å². The first-order chi connectivity index (χ1) is 15.0. The maximum atomic E-state index is 11.1. The van der Waals surface area contributed by atoms with Crippen LogP contribution in [0.25, 0.3) is 0 Å². The van der Waals surface area contributed by atoms with E-state index in [1.54, 1.807) is 0 Å². The van der Waals surface area contributed by atoms with E-state index in [9.17, 15) is 14.4 Å². The third-order valence-corrected chi connectivity index (χ3v) is 6.29. The number of thioether (sulfide) groups is 1. The van der Waals surface area contributed by atoms with Crippen molar-refractivity contribution >= 4 is 29.5 Å². The number of carbonyl (C=O) groups is 3. The summed E-state index contributed by atoms with van der Waals surface area (Å²) in [5, 5.41) is 23.6. The number of hydrogen-bond acceptors (Lipinski definition) is 6. The lowest BCUT2D eigenvalue weighted by molar-refractivity contribution is -0.140. The molecular weight excluding hydrogens is 394 g/mol. The molecule has 0 saturated heterocycles. The number of rotatable bonds is 9. The largest absolute Gasteiger partial charge is 0.480 e. The lowest BCUT2D eigenvalue weighted by atomic mass is 9.91. The highest BCUT2D eigenvalue weighted by atomic mass is 32.2. The Hall–Kier alpha value is -1.32. The number of aliphatic carboxylic acids is 1. The quantitative estimate of drug-likeness (QED) is 0.369. The molecule has 8 nitrogen and oxygen atoms in total. The summed E-state index contributed by atoms with van der Waals surface area (Å²) in [5.74, 6) is -4.11. The summed E-state index contributed by atoms with van der Waals surface area (Å²) in [5.41, 5.74) is 4.79. The second-order valence-corrected chi connectivity index (χ2v) is 8.73. The van der Waals surface area contributed by atoms with Crippen molar-refractivity contribution in [2.75, 3.05) is 11.5 Å². The number of hydrogen-bond donors (Lipinski definition) is 5. The van der Waals surface area contributed by atoms with E-state index in [4.69, 9.17) is 20.1 Å². The number of primary amides is 1. The molecule has 9 heteroatoms. The van der Waals surface area contributed by atoms with Crippen LogP contribution >= 0.6 is 11.8 Å². The van der Waals surface area contributed by atoms with E-state index in [1.165, 1.54) is 64.2 Å². The highest BCUT2D eigenvalue weighted by molar-refractivity contribution is 7.99. The van der Waals surface area contributed by atoms with Gasteiger partial charge in [0.15, 0.2) is 0 Å². The number of nitrogens with two attached hydrogens (primary N) is 1. The molecule has 2 aliphatic carbocycles. The standard InChI is InChI=1S/C12H23N.C8H14N2O5S/c1-3-7-11(8-4-1)13-12-9-5-2-6-10-12;1-4(11)10-5(8(14)15)2-16-3-6(12)7(9)13/h11-13H,1-10H2;5-6,12H,2-3H2,1H3,(H2,9,13)(H,10,11)(H,14,15)/t;5-,6?/m.0/s1/i;1D3. The summed E-state index contributed by atoms with van der Waals surface area (Å²) >= 11 is 0.849. The van der Waals surface area contributed by atoms with Gasteiger partial charge >= 0.3 is 5.97 Å². The SMILES string of the molecule is C1CCC(NC2CCCCC2)CC1.[2H]C([2H])([2H])C(=O)N[C@@H](CSCC(O)C(N)=O)C(=O)O. The molecule has 0 aromatic heterocycles. The fraction of sp³-hybridized carbons (Fsp3) is 0.850. The first-order valence-corrected chi connectivity index (χ1v) is 11.5. The molecule has 0 aromatic carbocycles. The van der Waals surface area contributed by atoms with Crippen LogP contribution in [0.15, 0.2) is 0 Å². The van der Waals surface area contributed by atoms with Crippen LogP contribution in [0.2, 0.25) is 0 Å². The predicted molar refractivity (Wildman–Crippen MR) is 115 cm³/mol. The molecule has 29 heavy (non-hydrogen) atoms. The van der Waals surface area contributed by atoms with E-state index in [0.717, 1.165) is 23.8 Å². The first kappa shape index (κ1) is 20.9. The van der Waals surface area contributed by atoms with Crippen molar-refractivity contribution in [1.82, 2.24) is 10.6 Å². The van der Waals surface area contributed by atoms with Gasteiger partial charge in [-0.2, -0.15) is 11.8 Å². The monoisotopic (exact) mass is 434 g/mol. The fourth-order valence-electron chi connectivity index (χ4n) is 3.58. The van der Waals surface area contributed by atoms with Gasteiger partial charge in [-0.15, -0.1) is 0 Å². The zero-order valence-corrected chi connectivity index (χ0v) is 17.7. The van der Waals surface area contributed by atoms with E-state index in [2.05, 4.69) is 5.32 Å². The number of aliphatic hydroxyl groups is 1. The average molecular weight is 435 g/mol. The van der Waals surface area contributed by atoms with Crippen molar-refractivity contribution in [1.29, 1.82) is 0 Å². The number of amides is 2. The molecule has 0 spiro atoms. The van der Waals surface area contributed by atoms with Crippen LogP contribution in [0, 0.1) is 0 Å². The molecular formula is C20H37N3O5S. The summed E-state index contributed by atoms with van der Waals surface area (Å²) in [4.78, 5) is 32.4. The van der Waals surface area contributed by atoms with Crippen LogP contribution in [0.1, 0.15) is 75.2 Å². The lowest BCUT2D eigenvalue weighted by Crippen LogP contribution is -2.42. The Bertz CT molecular complexity index is 582. The van der Waals surface area contributed by atoms with Crippen molar-refractivity contribution in [3.05, 3.63) is 0 Å². The van der Waals surface area contributed by atoms with Crippen LogP contribution in [-0.4, -0.2) is 63.7 Å². The molecule has 0 aromatic rings. The highest BCUT2D eigenvalue weighted by Gasteiger charge is 2.20. The molecule has 1 unspecified atom stereocenters. The van der Waals surface area contributed by atoms with Crippen molar-refractivity contribution in [3.8, 4) is 0 Å². The predicted octanol–water partition coefficient (Wildman–Crippen LogP) is 1.40. The maximum absolute atomic E-state index is 11.1. The van der Waals surface area contributed by atoms with E-state index < -0.39 is 36.8 Å². The van der Waals surface area contributed by atoms with Crippen LogP contribution in [0.3, 0.4) is 0 Å². The van der Waals surface area contributed by atoms with Gasteiger partial charge in [-0.05, 0) is 25.7 Å². The van der Waals surface area contributed by atoms with Crippen LogP contribution in [-0.2, 0) is 14.4 Å². The number of carbonyl (C=O) groups excluding carboxylic acids is 2. The molecule has 2 rings (SSSR count). The molecule has 2 atom stereocenters. The summed E-state index contributed by atoms with van der Waals surface area (Å²) < 4.78 is 20.4. The van der Waals surface area contributed by atoms with Crippen molar-refractivity contribution in [3.63, 3.8) is 0 Å². The lowest BCUT2D eigenvalue weighted by Gasteiger charge is -2.30. The fourth-order valence-corrected chi connectivity index (χ4v) is 4.57. The molecule has 0 bridgehead atoms. The van der Waals surface area contributed by atoms with Gasteiger partial charge in [0.25, 0.3) is 0 Å². The number of nitrogens with one attached hydrogen (secondary N) is 2. The smallest absolute Gasteiger partial charge is 0.327 e. The second-order valence-electron chi connectivity index (χ2n) is 7.66. The molecule has 0 aliphatic heterocycles. The van der Waals surface area contributed by atoms with E-state index in [-0.39, 0.29) is 11.5 Å². The van der Waals surface area contributed by atoms with Gasteiger partial charge in [0, 0.05) is 34.6 Å². The minimum absolute atomic E-state index is 0.150. The molecule has 0 heterocycles. The molecule has 2 fully saturated rings. The van der Waals surface area contributed by atoms with Gasteiger partial charge in [-0.3, -0.25) is 9.59 Å². The summed E-state index contributed by atoms with van der Waals surface area (Å²) in [7, 11) is 0. The zero-order chi connectivity index (χ0) is 24.1. The summed E-state index contributed by atoms with van der Waals surface area (Å²) in [6, 6.07) is 0.312. The second kappa shape index (κ2) is 14.6. The molecule has 6 N–H and O–H groups in total. The van der Waals surface area contributed by atoms with Gasteiger partial charge in [0.2, 0.25) is 11.8 Å². The van der Waals surface area contributed by atoms with Gasteiger partial charge in [-0.1, -0.05) is 38.5 Å². The minimum Gasteiger partial charge on any atom is -0.480 e. The zero-order valence-electron chi connectivity index (χ0n) is 19.9. The molecule has 2 aliphatic rings. The normalized spacial score (nSPS) is 22.0. The van der Waals surface area contributed by atoms with E-state index in [0.29, 0.717) is 0 Å². The Morgan fingerprint density at radius 2 is 1.55 bits per heavy atom. The number of carboxylic acids is 1. The van der Waals surface area contributed by atoms with E-state index in [1.807, 2.05) is 5.32 Å². The number of aliphatic hydroxyl groups excluding tert-OH is 1. The third kappa shape index (κ3) is 12.1. The van der Waals surface area contributed by atoms with Crippen molar-refractivity contribution in [2.45, 2.75) is 95.3 Å².